The second-order valence-electron chi connectivity index (χ2n) is 1.52. The van der Waals surface area contributed by atoms with E-state index in [2.05, 4.69) is 15.8 Å². The molecule has 0 atom stereocenters. The average molecular weight is 114 g/mol. The van der Waals surface area contributed by atoms with Crippen molar-refractivity contribution >= 4 is 6.34 Å². The average Bonchev–Trinajstić information content (AvgIpc) is 2.19. The second kappa shape index (κ2) is 2.64. The number of nitrogens with zero attached hydrogens (tertiary/aromatic N) is 2. The minimum Gasteiger partial charge on any atom is -0.294 e. The van der Waals surface area contributed by atoms with Crippen LogP contribution in [0.1, 0.15) is 6.92 Å². The summed E-state index contributed by atoms with van der Waals surface area (Å²) >= 11 is 0. The molecule has 2 N–H and O–H groups in total. The molecule has 0 aliphatic carbocycles. The lowest BCUT2D eigenvalue weighted by Crippen LogP contribution is -2.43. The van der Waals surface area contributed by atoms with Crippen LogP contribution >= 0.6 is 0 Å². The minimum atomic E-state index is 0.702. The third kappa shape index (κ3) is 1.18. The smallest absolute Gasteiger partial charge is 0.126 e. The van der Waals surface area contributed by atoms with Crippen LogP contribution in [0.25, 0.3) is 0 Å². The van der Waals surface area contributed by atoms with Gasteiger partial charge in [-0.3, -0.25) is 10.4 Å². The molecule has 0 unspecified atom stereocenters. The molecule has 1 aliphatic heterocycles. The van der Waals surface area contributed by atoms with E-state index < -0.39 is 0 Å². The lowest BCUT2D eigenvalue weighted by Gasteiger charge is -2.12. The highest BCUT2D eigenvalue weighted by Crippen LogP contribution is 1.80. The Labute approximate surface area is 48.5 Å². The van der Waals surface area contributed by atoms with E-state index in [1.807, 2.05) is 12.0 Å². The fourth-order valence-electron chi connectivity index (χ4n) is 0.560. The van der Waals surface area contributed by atoms with E-state index in [0.29, 0.717) is 6.67 Å². The standard InChI is InChI=1S/C4H10N4/c1-2-6-8-4-5-3-7-8/h3,6H,2,4H2,1H3,(H,5,7). The summed E-state index contributed by atoms with van der Waals surface area (Å²) in [6.07, 6.45) is 1.67. The van der Waals surface area contributed by atoms with Crippen LogP contribution in [0.4, 0.5) is 0 Å². The molecule has 0 saturated heterocycles. The van der Waals surface area contributed by atoms with Gasteiger partial charge >= 0.3 is 0 Å². The van der Waals surface area contributed by atoms with Crippen LogP contribution in [0.2, 0.25) is 0 Å². The van der Waals surface area contributed by atoms with Gasteiger partial charge in [-0.1, -0.05) is 6.92 Å². The molecule has 0 saturated carbocycles. The first-order valence-electron chi connectivity index (χ1n) is 2.69. The summed E-state index contributed by atoms with van der Waals surface area (Å²) in [5, 5.41) is 1.82. The number of hydrogen-bond donors (Lipinski definition) is 2. The number of aliphatic imine (C=N–C) groups is 1. The highest BCUT2D eigenvalue weighted by atomic mass is 15.8. The van der Waals surface area contributed by atoms with Gasteiger partial charge in [-0.05, 0) is 0 Å². The third-order valence-electron chi connectivity index (χ3n) is 0.877. The number of nitrogens with one attached hydrogen (secondary N) is 2. The lowest BCUT2D eigenvalue weighted by atomic mass is 10.8. The maximum absolute atomic E-state index is 3.91. The quantitative estimate of drug-likeness (QED) is 0.499. The molecule has 0 amide bonds. The van der Waals surface area contributed by atoms with E-state index in [1.54, 1.807) is 6.34 Å². The number of hydrogen-bond acceptors (Lipinski definition) is 4. The van der Waals surface area contributed by atoms with Crippen molar-refractivity contribution in [3.8, 4) is 0 Å². The third-order valence-corrected chi connectivity index (χ3v) is 0.877. The van der Waals surface area contributed by atoms with E-state index in [4.69, 9.17) is 0 Å². The highest BCUT2D eigenvalue weighted by molar-refractivity contribution is 5.54. The van der Waals surface area contributed by atoms with Crippen molar-refractivity contribution in [2.45, 2.75) is 6.92 Å². The molecule has 0 aromatic carbocycles. The van der Waals surface area contributed by atoms with Gasteiger partial charge in [-0.25, -0.2) is 5.43 Å². The van der Waals surface area contributed by atoms with Crippen molar-refractivity contribution in [1.29, 1.82) is 0 Å². The monoisotopic (exact) mass is 114 g/mol. The molecule has 0 fully saturated rings. The molecule has 4 heteroatoms. The van der Waals surface area contributed by atoms with E-state index in [0.717, 1.165) is 6.54 Å². The van der Waals surface area contributed by atoms with Gasteiger partial charge in [0.1, 0.15) is 6.67 Å². The van der Waals surface area contributed by atoms with Crippen LogP contribution in [0.5, 0.6) is 0 Å². The highest BCUT2D eigenvalue weighted by Gasteiger charge is 2.00. The summed E-state index contributed by atoms with van der Waals surface area (Å²) < 4.78 is 0. The summed E-state index contributed by atoms with van der Waals surface area (Å²) in [4.78, 5) is 3.91. The SMILES string of the molecule is CCNN1CN=CN1. The molecule has 0 spiro atoms. The Balaban J connectivity index is 2.10. The zero-order valence-corrected chi connectivity index (χ0v) is 4.89. The molecular formula is C4H10N4. The maximum Gasteiger partial charge on any atom is 0.126 e. The fourth-order valence-corrected chi connectivity index (χ4v) is 0.560. The summed E-state index contributed by atoms with van der Waals surface area (Å²) in [7, 11) is 0. The van der Waals surface area contributed by atoms with Gasteiger partial charge in [0.05, 0.1) is 6.34 Å². The number of hydrazine groups is 2. The van der Waals surface area contributed by atoms with E-state index in [-0.39, 0.29) is 0 Å². The Morgan fingerprint density at radius 2 is 2.88 bits per heavy atom. The summed E-state index contributed by atoms with van der Waals surface area (Å²) in [5.41, 5.74) is 5.93. The fraction of sp³-hybridized carbons (Fsp3) is 0.750. The lowest BCUT2D eigenvalue weighted by molar-refractivity contribution is 0.182. The Morgan fingerprint density at radius 1 is 2.00 bits per heavy atom. The zero-order valence-electron chi connectivity index (χ0n) is 4.89. The van der Waals surface area contributed by atoms with Crippen molar-refractivity contribution in [1.82, 2.24) is 16.0 Å². The van der Waals surface area contributed by atoms with Gasteiger partial charge < -0.3 is 0 Å². The maximum atomic E-state index is 3.91. The Bertz CT molecular complexity index is 82.0. The molecule has 1 aliphatic rings. The minimum absolute atomic E-state index is 0.702. The molecule has 1 heterocycles. The van der Waals surface area contributed by atoms with Crippen LogP contribution < -0.4 is 10.9 Å². The molecule has 0 bridgehead atoms. The summed E-state index contributed by atoms with van der Waals surface area (Å²) in [6.45, 7) is 3.67. The normalized spacial score (nSPS) is 19.1. The second-order valence-corrected chi connectivity index (χ2v) is 1.52. The van der Waals surface area contributed by atoms with Gasteiger partial charge in [-0.15, -0.1) is 5.12 Å². The Hall–Kier alpha value is -0.610. The van der Waals surface area contributed by atoms with Crippen molar-refractivity contribution in [2.24, 2.45) is 4.99 Å². The molecule has 0 radical (unpaired) electrons. The zero-order chi connectivity index (χ0) is 5.82. The Kier molecular flexibility index (Phi) is 1.82. The molecular weight excluding hydrogens is 104 g/mol. The van der Waals surface area contributed by atoms with Gasteiger partial charge in [0.15, 0.2) is 0 Å². The first-order valence-corrected chi connectivity index (χ1v) is 2.69. The van der Waals surface area contributed by atoms with Crippen molar-refractivity contribution in [3.63, 3.8) is 0 Å². The Morgan fingerprint density at radius 3 is 3.38 bits per heavy atom. The summed E-state index contributed by atoms with van der Waals surface area (Å²) in [5.74, 6) is 0. The van der Waals surface area contributed by atoms with Gasteiger partial charge in [0.2, 0.25) is 0 Å². The molecule has 4 nitrogen and oxygen atoms in total. The predicted octanol–water partition coefficient (Wildman–Crippen LogP) is -0.683. The van der Waals surface area contributed by atoms with Gasteiger partial charge in [0.25, 0.3) is 0 Å². The van der Waals surface area contributed by atoms with Crippen LogP contribution in [-0.4, -0.2) is 24.7 Å². The van der Waals surface area contributed by atoms with Gasteiger partial charge in [-0.2, -0.15) is 0 Å². The first kappa shape index (κ1) is 5.53. The topological polar surface area (TPSA) is 39.7 Å². The molecule has 1 rings (SSSR count). The van der Waals surface area contributed by atoms with Crippen molar-refractivity contribution in [2.75, 3.05) is 13.2 Å². The van der Waals surface area contributed by atoms with Gasteiger partial charge in [0, 0.05) is 6.54 Å². The van der Waals surface area contributed by atoms with Crippen molar-refractivity contribution in [3.05, 3.63) is 0 Å². The largest absolute Gasteiger partial charge is 0.294 e. The van der Waals surface area contributed by atoms with Crippen LogP contribution in [-0.2, 0) is 0 Å². The van der Waals surface area contributed by atoms with Crippen LogP contribution in [0.15, 0.2) is 4.99 Å². The van der Waals surface area contributed by atoms with E-state index in [1.165, 1.54) is 0 Å². The molecule has 0 aromatic rings. The molecule has 0 aromatic heterocycles. The molecule has 8 heavy (non-hydrogen) atoms. The summed E-state index contributed by atoms with van der Waals surface area (Å²) in [6, 6.07) is 0. The van der Waals surface area contributed by atoms with E-state index in [9.17, 15) is 0 Å². The molecule has 46 valence electrons. The van der Waals surface area contributed by atoms with Crippen LogP contribution in [0, 0.1) is 0 Å². The van der Waals surface area contributed by atoms with Crippen molar-refractivity contribution < 1.29 is 0 Å². The van der Waals surface area contributed by atoms with E-state index >= 15 is 0 Å². The first-order chi connectivity index (χ1) is 3.93. The number of rotatable bonds is 2. The van der Waals surface area contributed by atoms with Crippen LogP contribution in [0.3, 0.4) is 0 Å². The predicted molar refractivity (Wildman–Crippen MR) is 32.0 cm³/mol.